The summed E-state index contributed by atoms with van der Waals surface area (Å²) in [5.41, 5.74) is 14.1. The fraction of sp³-hybridized carbons (Fsp3) is 0.472. The van der Waals surface area contributed by atoms with Crippen LogP contribution in [0.25, 0.3) is 21.5 Å². The van der Waals surface area contributed by atoms with Gasteiger partial charge in [0.1, 0.15) is 0 Å². The van der Waals surface area contributed by atoms with Crippen molar-refractivity contribution in [1.29, 1.82) is 0 Å². The molecule has 0 aliphatic rings. The molecule has 7 aromatic carbocycles. The van der Waals surface area contributed by atoms with Gasteiger partial charge in [-0.3, -0.25) is 0 Å². The van der Waals surface area contributed by atoms with Crippen LogP contribution in [0.1, 0.15) is 144 Å². The van der Waals surface area contributed by atoms with Gasteiger partial charge in [0, 0.05) is 44.3 Å². The molecule has 0 unspecified atom stereocenters. The molecule has 0 heterocycles. The molecule has 0 N–H and O–H groups in total. The Balaban J connectivity index is 1.80. The van der Waals surface area contributed by atoms with Crippen molar-refractivity contribution < 1.29 is 0 Å². The summed E-state index contributed by atoms with van der Waals surface area (Å²) in [5.74, 6) is 0. The molecule has 0 radical (unpaired) electrons. The number of rotatable bonds is 15. The van der Waals surface area contributed by atoms with Crippen LogP contribution in [0.5, 0.6) is 0 Å². The second-order valence-corrected chi connectivity index (χ2v) is 52.0. The Bertz CT molecular complexity index is 3020. The van der Waals surface area contributed by atoms with Gasteiger partial charge in [-0.25, -0.2) is 0 Å². The molecule has 7 aromatic rings. The van der Waals surface area contributed by atoms with Crippen molar-refractivity contribution in [3.63, 3.8) is 0 Å². The maximum absolute atomic E-state index is 2.75. The van der Waals surface area contributed by atoms with Crippen LogP contribution >= 0.6 is 0 Å². The molecular formula is C72H104N2Si4. The standard InChI is InChI=1S/C72H104N2Si4/c1-26-27-28-29-32-50-35-36-65-66(37-50)68(74(56-42-53(71(8,9)10)39-54(43-56)72(11,12)13)58-46-61(77(20,21)22)49-62(47-58)78(23,24)25)64-34-31-30-33-63(64)67(65)73(55-40-51(69(2,3)4)38-52(41-55)70(5,6)7)57-44-59(75(14,15)16)48-60(45-57)76(17,18)19/h30-31,33-49H,26-29,32H2,1-25H3. The van der Waals surface area contributed by atoms with Crippen molar-refractivity contribution in [3.05, 3.63) is 143 Å². The highest BCUT2D eigenvalue weighted by molar-refractivity contribution is 6.92. The SMILES string of the molecule is CCCCCCc1ccc2c(N(c3cc(C(C)(C)C)cc(C(C)(C)C)c3)c3cc([Si](C)(C)C)cc([Si](C)(C)C)c3)c3ccccc3c(N(c3cc(C(C)(C)C)cc(C(C)(C)C)c3)c3cc([Si](C)(C)C)cc([Si](C)(C)C)c3)c2c1. The molecule has 0 atom stereocenters. The molecule has 418 valence electrons. The first-order valence-electron chi connectivity index (χ1n) is 29.9. The number of hydrogen-bond acceptors (Lipinski definition) is 2. The lowest BCUT2D eigenvalue weighted by Crippen LogP contribution is -2.45. The minimum Gasteiger partial charge on any atom is -0.309 e. The van der Waals surface area contributed by atoms with E-state index in [9.17, 15) is 0 Å². The molecule has 0 aliphatic carbocycles. The largest absolute Gasteiger partial charge is 0.309 e. The number of aryl methyl sites for hydroxylation is 1. The van der Waals surface area contributed by atoms with E-state index in [0.29, 0.717) is 0 Å². The number of nitrogens with zero attached hydrogens (tertiary/aromatic N) is 2. The Morgan fingerprint density at radius 1 is 0.321 bits per heavy atom. The van der Waals surface area contributed by atoms with E-state index in [1.807, 2.05) is 0 Å². The molecule has 2 nitrogen and oxygen atoms in total. The Labute approximate surface area is 480 Å². The van der Waals surface area contributed by atoms with Gasteiger partial charge in [-0.15, -0.1) is 0 Å². The fourth-order valence-corrected chi connectivity index (χ4v) is 15.8. The average Bonchev–Trinajstić information content (AvgIpc) is 3.53. The lowest BCUT2D eigenvalue weighted by Gasteiger charge is -2.37. The molecule has 0 aliphatic heterocycles. The van der Waals surface area contributed by atoms with Crippen LogP contribution in [0.3, 0.4) is 0 Å². The third-order valence-corrected chi connectivity index (χ3v) is 24.5. The first-order chi connectivity index (χ1) is 35.7. The maximum atomic E-state index is 2.75. The zero-order valence-electron chi connectivity index (χ0n) is 53.9. The number of unbranched alkanes of at least 4 members (excludes halogenated alkanes) is 3. The van der Waals surface area contributed by atoms with Crippen molar-refractivity contribution in [3.8, 4) is 0 Å². The Hall–Kier alpha value is -4.47. The monoisotopic (exact) mass is 1110 g/mol. The summed E-state index contributed by atoms with van der Waals surface area (Å²) in [6, 6.07) is 48.0. The van der Waals surface area contributed by atoms with Gasteiger partial charge in [-0.2, -0.15) is 0 Å². The first kappa shape index (κ1) is 61.2. The van der Waals surface area contributed by atoms with Gasteiger partial charge in [-0.05, 0) is 117 Å². The van der Waals surface area contributed by atoms with E-state index in [-0.39, 0.29) is 21.7 Å². The Morgan fingerprint density at radius 2 is 0.628 bits per heavy atom. The molecule has 7 rings (SSSR count). The molecular weight excluding hydrogens is 1010 g/mol. The Morgan fingerprint density at radius 3 is 0.936 bits per heavy atom. The second kappa shape index (κ2) is 21.8. The van der Waals surface area contributed by atoms with Crippen molar-refractivity contribution >= 4 is 109 Å². The number of benzene rings is 7. The lowest BCUT2D eigenvalue weighted by molar-refractivity contribution is 0.568. The van der Waals surface area contributed by atoms with E-state index >= 15 is 0 Å². The van der Waals surface area contributed by atoms with Crippen LogP contribution in [0.2, 0.25) is 78.6 Å². The summed E-state index contributed by atoms with van der Waals surface area (Å²) in [6.07, 6.45) is 5.98. The predicted molar refractivity (Wildman–Crippen MR) is 365 cm³/mol. The van der Waals surface area contributed by atoms with Gasteiger partial charge < -0.3 is 9.80 Å². The smallest absolute Gasteiger partial charge is 0.0776 e. The van der Waals surface area contributed by atoms with E-state index in [4.69, 9.17) is 0 Å². The Kier molecular flexibility index (Phi) is 17.1. The number of anilines is 6. The zero-order valence-corrected chi connectivity index (χ0v) is 57.9. The molecule has 78 heavy (non-hydrogen) atoms. The third-order valence-electron chi connectivity index (χ3n) is 16.4. The topological polar surface area (TPSA) is 6.48 Å². The molecule has 0 bridgehead atoms. The quantitative estimate of drug-likeness (QED) is 0.0437. The molecule has 0 saturated carbocycles. The van der Waals surface area contributed by atoms with Gasteiger partial charge in [0.15, 0.2) is 0 Å². The normalized spacial score (nSPS) is 13.4. The second-order valence-electron chi connectivity index (χ2n) is 31.7. The summed E-state index contributed by atoms with van der Waals surface area (Å²) in [4.78, 5) is 5.50. The molecule has 0 fully saturated rings. The highest BCUT2D eigenvalue weighted by Crippen LogP contribution is 2.53. The lowest BCUT2D eigenvalue weighted by atomic mass is 9.80. The van der Waals surface area contributed by atoms with Crippen molar-refractivity contribution in [2.75, 3.05) is 9.80 Å². The van der Waals surface area contributed by atoms with Gasteiger partial charge in [0.2, 0.25) is 0 Å². The zero-order chi connectivity index (χ0) is 58.1. The predicted octanol–water partition coefficient (Wildman–Crippen LogP) is 20.4. The van der Waals surface area contributed by atoms with Gasteiger partial charge in [0.05, 0.1) is 43.7 Å². The summed E-state index contributed by atoms with van der Waals surface area (Å²) in [7, 11) is -7.27. The van der Waals surface area contributed by atoms with Gasteiger partial charge in [-0.1, -0.05) is 269 Å². The van der Waals surface area contributed by atoms with Crippen LogP contribution in [0, 0.1) is 0 Å². The third kappa shape index (κ3) is 13.6. The van der Waals surface area contributed by atoms with Crippen LogP contribution in [0.4, 0.5) is 34.1 Å². The van der Waals surface area contributed by atoms with E-state index in [0.717, 1.165) is 6.42 Å². The van der Waals surface area contributed by atoms with E-state index in [2.05, 4.69) is 294 Å². The summed E-state index contributed by atoms with van der Waals surface area (Å²) in [5, 5.41) is 11.2. The van der Waals surface area contributed by atoms with E-state index in [1.165, 1.54) is 130 Å². The minimum absolute atomic E-state index is 0.0702. The molecule has 0 saturated heterocycles. The summed E-state index contributed by atoms with van der Waals surface area (Å²) in [6.45, 7) is 61.4. The molecule has 0 aromatic heterocycles. The summed E-state index contributed by atoms with van der Waals surface area (Å²) < 4.78 is 0. The molecule has 6 heteroatoms. The number of fused-ring (bicyclic) bond motifs is 2. The van der Waals surface area contributed by atoms with E-state index in [1.54, 1.807) is 0 Å². The molecule has 0 spiro atoms. The van der Waals surface area contributed by atoms with Crippen LogP contribution in [-0.4, -0.2) is 32.3 Å². The van der Waals surface area contributed by atoms with Gasteiger partial charge >= 0.3 is 0 Å². The van der Waals surface area contributed by atoms with Crippen molar-refractivity contribution in [2.24, 2.45) is 0 Å². The van der Waals surface area contributed by atoms with Crippen molar-refractivity contribution in [2.45, 2.75) is 222 Å². The van der Waals surface area contributed by atoms with Crippen LogP contribution in [0.15, 0.2) is 115 Å². The number of hydrogen-bond donors (Lipinski definition) is 0. The van der Waals surface area contributed by atoms with Crippen molar-refractivity contribution in [1.82, 2.24) is 0 Å². The van der Waals surface area contributed by atoms with Gasteiger partial charge in [0.25, 0.3) is 0 Å². The highest BCUT2D eigenvalue weighted by Gasteiger charge is 2.34. The molecule has 0 amide bonds. The first-order valence-corrected chi connectivity index (χ1v) is 43.9. The minimum atomic E-state index is -1.82. The van der Waals surface area contributed by atoms with Crippen LogP contribution < -0.4 is 30.5 Å². The fourth-order valence-electron chi connectivity index (χ4n) is 10.8. The highest BCUT2D eigenvalue weighted by atomic mass is 28.3. The average molecular weight is 1110 g/mol. The van der Waals surface area contributed by atoms with Crippen LogP contribution in [-0.2, 0) is 28.1 Å². The van der Waals surface area contributed by atoms with E-state index < -0.39 is 32.3 Å². The summed E-state index contributed by atoms with van der Waals surface area (Å²) >= 11 is 0. The maximum Gasteiger partial charge on any atom is 0.0776 e.